The second kappa shape index (κ2) is 8.95. The molecule has 5 nitrogen and oxygen atoms in total. The largest absolute Gasteiger partial charge is 0.465 e. The SMILES string of the molecule is COC(=O)c1ccc(CCNC(N)=NCCc2cccs2)cc1. The van der Waals surface area contributed by atoms with Gasteiger partial charge in [0.2, 0.25) is 0 Å². The first-order valence-corrected chi connectivity index (χ1v) is 8.30. The number of ether oxygens (including phenoxy) is 1. The molecule has 1 heterocycles. The molecule has 1 aromatic heterocycles. The molecule has 0 bridgehead atoms. The number of nitrogens with zero attached hydrogens (tertiary/aromatic N) is 1. The zero-order valence-electron chi connectivity index (χ0n) is 13.1. The first-order chi connectivity index (χ1) is 11.2. The van der Waals surface area contributed by atoms with E-state index in [4.69, 9.17) is 5.73 Å². The van der Waals surface area contributed by atoms with Crippen LogP contribution >= 0.6 is 11.3 Å². The van der Waals surface area contributed by atoms with E-state index in [9.17, 15) is 4.79 Å². The van der Waals surface area contributed by atoms with Crippen molar-refractivity contribution in [2.45, 2.75) is 12.8 Å². The first kappa shape index (κ1) is 17.0. The number of guanidine groups is 1. The van der Waals surface area contributed by atoms with E-state index >= 15 is 0 Å². The molecule has 0 fully saturated rings. The predicted molar refractivity (Wildman–Crippen MR) is 94.0 cm³/mol. The van der Waals surface area contributed by atoms with Crippen LogP contribution < -0.4 is 11.1 Å². The Hall–Kier alpha value is -2.34. The van der Waals surface area contributed by atoms with Crippen molar-refractivity contribution in [2.75, 3.05) is 20.2 Å². The quantitative estimate of drug-likeness (QED) is 0.463. The summed E-state index contributed by atoms with van der Waals surface area (Å²) < 4.78 is 4.67. The summed E-state index contributed by atoms with van der Waals surface area (Å²) in [5.74, 6) is 0.143. The summed E-state index contributed by atoms with van der Waals surface area (Å²) in [6, 6.07) is 11.5. The summed E-state index contributed by atoms with van der Waals surface area (Å²) in [5, 5.41) is 5.16. The van der Waals surface area contributed by atoms with Gasteiger partial charge in [0.15, 0.2) is 5.96 Å². The third kappa shape index (κ3) is 5.75. The lowest BCUT2D eigenvalue weighted by Gasteiger charge is -2.06. The van der Waals surface area contributed by atoms with Gasteiger partial charge in [-0.15, -0.1) is 11.3 Å². The third-order valence-electron chi connectivity index (χ3n) is 3.32. The summed E-state index contributed by atoms with van der Waals surface area (Å²) >= 11 is 1.73. The molecule has 6 heteroatoms. The maximum atomic E-state index is 11.3. The van der Waals surface area contributed by atoms with Crippen LogP contribution in [0.5, 0.6) is 0 Å². The fraction of sp³-hybridized carbons (Fsp3) is 0.294. The zero-order valence-corrected chi connectivity index (χ0v) is 13.9. The highest BCUT2D eigenvalue weighted by molar-refractivity contribution is 7.09. The van der Waals surface area contributed by atoms with E-state index in [1.165, 1.54) is 12.0 Å². The van der Waals surface area contributed by atoms with Crippen LogP contribution in [0.3, 0.4) is 0 Å². The summed E-state index contributed by atoms with van der Waals surface area (Å²) in [7, 11) is 1.38. The van der Waals surface area contributed by atoms with Gasteiger partial charge in [0.05, 0.1) is 12.7 Å². The van der Waals surface area contributed by atoms with Crippen LogP contribution in [0.4, 0.5) is 0 Å². The molecule has 0 aliphatic rings. The van der Waals surface area contributed by atoms with Crippen molar-refractivity contribution in [1.82, 2.24) is 5.32 Å². The summed E-state index contributed by atoms with van der Waals surface area (Å²) in [4.78, 5) is 17.0. The lowest BCUT2D eigenvalue weighted by atomic mass is 10.1. The van der Waals surface area contributed by atoms with Gasteiger partial charge in [-0.1, -0.05) is 18.2 Å². The van der Waals surface area contributed by atoms with Crippen molar-refractivity contribution >= 4 is 23.3 Å². The van der Waals surface area contributed by atoms with Gasteiger partial charge in [0.25, 0.3) is 0 Å². The summed E-state index contributed by atoms with van der Waals surface area (Å²) in [6.07, 6.45) is 1.72. The number of carbonyl (C=O) groups excluding carboxylic acids is 1. The Bertz CT molecular complexity index is 636. The molecule has 0 unspecified atom stereocenters. The molecule has 0 spiro atoms. The number of benzene rings is 1. The molecular formula is C17H21N3O2S. The van der Waals surface area contributed by atoms with Crippen LogP contribution in [0, 0.1) is 0 Å². The fourth-order valence-electron chi connectivity index (χ4n) is 2.06. The number of nitrogens with one attached hydrogen (secondary N) is 1. The number of aliphatic imine (C=N–C) groups is 1. The topological polar surface area (TPSA) is 76.7 Å². The molecular weight excluding hydrogens is 310 g/mol. The molecule has 23 heavy (non-hydrogen) atoms. The van der Waals surface area contributed by atoms with Crippen molar-refractivity contribution in [1.29, 1.82) is 0 Å². The average Bonchev–Trinajstić information content (AvgIpc) is 3.08. The summed E-state index contributed by atoms with van der Waals surface area (Å²) in [5.41, 5.74) is 7.52. The number of rotatable bonds is 7. The Labute approximate surface area is 140 Å². The van der Waals surface area contributed by atoms with Gasteiger partial charge in [-0.2, -0.15) is 0 Å². The highest BCUT2D eigenvalue weighted by Crippen LogP contribution is 2.08. The summed E-state index contributed by atoms with van der Waals surface area (Å²) in [6.45, 7) is 1.39. The van der Waals surface area contributed by atoms with Gasteiger partial charge in [0.1, 0.15) is 0 Å². The molecule has 2 rings (SSSR count). The van der Waals surface area contributed by atoms with Gasteiger partial charge in [0, 0.05) is 24.4 Å². The van der Waals surface area contributed by atoms with Crippen LogP contribution in [0.15, 0.2) is 46.8 Å². The Kier molecular flexibility index (Phi) is 6.62. The van der Waals surface area contributed by atoms with E-state index in [0.717, 1.165) is 18.4 Å². The van der Waals surface area contributed by atoms with Crippen LogP contribution in [0.2, 0.25) is 0 Å². The number of nitrogens with two attached hydrogens (primary N) is 1. The van der Waals surface area contributed by atoms with Crippen molar-refractivity contribution in [3.05, 3.63) is 57.8 Å². The number of carbonyl (C=O) groups is 1. The first-order valence-electron chi connectivity index (χ1n) is 7.42. The Morgan fingerprint density at radius 1 is 1.26 bits per heavy atom. The van der Waals surface area contributed by atoms with Gasteiger partial charge >= 0.3 is 5.97 Å². The van der Waals surface area contributed by atoms with E-state index in [-0.39, 0.29) is 5.97 Å². The molecule has 1 aromatic carbocycles. The van der Waals surface area contributed by atoms with E-state index in [0.29, 0.717) is 24.6 Å². The van der Waals surface area contributed by atoms with Gasteiger partial charge in [-0.25, -0.2) is 4.79 Å². The lowest BCUT2D eigenvalue weighted by Crippen LogP contribution is -2.33. The second-order valence-corrected chi connectivity index (χ2v) is 5.99. The minimum atomic E-state index is -0.322. The Balaban J connectivity index is 1.70. The normalized spacial score (nSPS) is 11.3. The van der Waals surface area contributed by atoms with Crippen molar-refractivity contribution in [3.8, 4) is 0 Å². The maximum Gasteiger partial charge on any atom is 0.337 e. The molecule has 0 aliphatic carbocycles. The van der Waals surface area contributed by atoms with Crippen molar-refractivity contribution < 1.29 is 9.53 Å². The van der Waals surface area contributed by atoms with E-state index < -0.39 is 0 Å². The fourth-order valence-corrected chi connectivity index (χ4v) is 2.76. The maximum absolute atomic E-state index is 11.3. The molecule has 122 valence electrons. The zero-order chi connectivity index (χ0) is 16.5. The molecule has 3 N–H and O–H groups in total. The molecule has 2 aromatic rings. The number of methoxy groups -OCH3 is 1. The number of hydrogen-bond donors (Lipinski definition) is 2. The van der Waals surface area contributed by atoms with E-state index in [1.54, 1.807) is 23.5 Å². The smallest absolute Gasteiger partial charge is 0.337 e. The predicted octanol–water partition coefficient (Wildman–Crippen LogP) is 2.22. The van der Waals surface area contributed by atoms with Crippen LogP contribution in [-0.2, 0) is 17.6 Å². The molecule has 0 radical (unpaired) electrons. The highest BCUT2D eigenvalue weighted by Gasteiger charge is 2.04. The van der Waals surface area contributed by atoms with E-state index in [2.05, 4.69) is 26.5 Å². The highest BCUT2D eigenvalue weighted by atomic mass is 32.1. The molecule has 0 saturated heterocycles. The second-order valence-electron chi connectivity index (χ2n) is 4.96. The van der Waals surface area contributed by atoms with Gasteiger partial charge in [-0.3, -0.25) is 4.99 Å². The van der Waals surface area contributed by atoms with Crippen LogP contribution in [0.1, 0.15) is 20.8 Å². The van der Waals surface area contributed by atoms with E-state index in [1.807, 2.05) is 18.2 Å². The van der Waals surface area contributed by atoms with Crippen LogP contribution in [0.25, 0.3) is 0 Å². The minimum absolute atomic E-state index is 0.322. The molecule has 0 atom stereocenters. The number of hydrogen-bond acceptors (Lipinski definition) is 4. The van der Waals surface area contributed by atoms with Crippen molar-refractivity contribution in [3.63, 3.8) is 0 Å². The molecule has 0 amide bonds. The van der Waals surface area contributed by atoms with Gasteiger partial charge < -0.3 is 15.8 Å². The lowest BCUT2D eigenvalue weighted by molar-refractivity contribution is 0.0600. The average molecular weight is 331 g/mol. The number of thiophene rings is 1. The number of esters is 1. The molecule has 0 aliphatic heterocycles. The van der Waals surface area contributed by atoms with Crippen molar-refractivity contribution in [2.24, 2.45) is 10.7 Å². The van der Waals surface area contributed by atoms with Gasteiger partial charge in [-0.05, 0) is 35.6 Å². The monoisotopic (exact) mass is 331 g/mol. The molecule has 0 saturated carbocycles. The minimum Gasteiger partial charge on any atom is -0.465 e. The third-order valence-corrected chi connectivity index (χ3v) is 4.25. The Morgan fingerprint density at radius 3 is 2.70 bits per heavy atom. The standard InChI is InChI=1S/C17H21N3O2S/c1-22-16(21)14-6-4-13(5-7-14)8-10-19-17(18)20-11-9-15-3-2-12-23-15/h2-7,12H,8-11H2,1H3,(H3,18,19,20). The van der Waals surface area contributed by atoms with Crippen LogP contribution in [-0.4, -0.2) is 32.1 Å². The Morgan fingerprint density at radius 2 is 2.04 bits per heavy atom.